The van der Waals surface area contributed by atoms with Crippen LogP contribution in [0.4, 0.5) is 10.5 Å². The Bertz CT molecular complexity index is 735. The smallest absolute Gasteiger partial charge is 0.409 e. The molecular weight excluding hydrogens is 396 g/mol. The molecule has 0 bridgehead atoms. The number of ether oxygens (including phenoxy) is 2. The van der Waals surface area contributed by atoms with E-state index in [-0.39, 0.29) is 11.6 Å². The van der Waals surface area contributed by atoms with Crippen LogP contribution in [-0.4, -0.2) is 61.3 Å². The second-order valence-electron chi connectivity index (χ2n) is 8.57. The molecule has 1 amide bonds. The molecule has 0 radical (unpaired) electrons. The molecule has 1 aliphatic heterocycles. The molecule has 0 spiro atoms. The number of nitrogens with zero attached hydrogens (tertiary/aromatic N) is 3. The van der Waals surface area contributed by atoms with Crippen LogP contribution >= 0.6 is 0 Å². The Hall–Kier alpha value is -2.36. The predicted octanol–water partition coefficient (Wildman–Crippen LogP) is 2.57. The van der Waals surface area contributed by atoms with E-state index in [0.717, 1.165) is 63.0 Å². The molecule has 2 atom stereocenters. The van der Waals surface area contributed by atoms with E-state index >= 15 is 0 Å². The van der Waals surface area contributed by atoms with E-state index in [9.17, 15) is 4.79 Å². The average molecular weight is 433 g/mol. The Morgan fingerprint density at radius 2 is 1.97 bits per heavy atom. The fourth-order valence-electron chi connectivity index (χ4n) is 4.48. The largest absolute Gasteiger partial charge is 0.494 e. The van der Waals surface area contributed by atoms with Crippen molar-refractivity contribution in [1.29, 1.82) is 5.41 Å². The van der Waals surface area contributed by atoms with Crippen LogP contribution in [0.15, 0.2) is 24.3 Å². The molecule has 2 fully saturated rings. The van der Waals surface area contributed by atoms with Crippen molar-refractivity contribution < 1.29 is 14.3 Å². The number of anilines is 1. The summed E-state index contributed by atoms with van der Waals surface area (Å²) in [4.78, 5) is 13.8. The molecule has 1 heterocycles. The summed E-state index contributed by atoms with van der Waals surface area (Å²) in [7, 11) is 1.67. The van der Waals surface area contributed by atoms with Gasteiger partial charge in [0.15, 0.2) is 0 Å². The van der Waals surface area contributed by atoms with Gasteiger partial charge in [0.05, 0.1) is 18.9 Å². The van der Waals surface area contributed by atoms with Crippen molar-refractivity contribution in [3.05, 3.63) is 24.3 Å². The molecule has 1 aromatic rings. The first kappa shape index (κ1) is 23.3. The number of hydrogen-bond donors (Lipinski definition) is 3. The fraction of sp³-hybridized carbons (Fsp3) is 0.636. The summed E-state index contributed by atoms with van der Waals surface area (Å²) in [5.41, 5.74) is 7.38. The molecule has 9 nitrogen and oxygen atoms in total. The lowest BCUT2D eigenvalue weighted by molar-refractivity contribution is 0.0827. The first-order valence-corrected chi connectivity index (χ1v) is 11.1. The molecule has 5 N–H and O–H groups in total. The summed E-state index contributed by atoms with van der Waals surface area (Å²) in [6, 6.07) is 7.50. The van der Waals surface area contributed by atoms with Gasteiger partial charge in [-0.2, -0.15) is 5.12 Å². The zero-order valence-electron chi connectivity index (χ0n) is 18.6. The van der Waals surface area contributed by atoms with Crippen molar-refractivity contribution in [1.82, 2.24) is 10.0 Å². The normalized spacial score (nSPS) is 23.5. The molecule has 2 aliphatic rings. The molecule has 1 aromatic carbocycles. The third-order valence-electron chi connectivity index (χ3n) is 6.44. The minimum atomic E-state index is -0.194. The Kier molecular flexibility index (Phi) is 7.74. The molecule has 1 saturated carbocycles. The van der Waals surface area contributed by atoms with E-state index in [2.05, 4.69) is 0 Å². The van der Waals surface area contributed by atoms with Gasteiger partial charge in [0, 0.05) is 25.7 Å². The zero-order chi connectivity index (χ0) is 22.4. The topological polar surface area (TPSA) is 121 Å². The van der Waals surface area contributed by atoms with E-state index in [1.165, 1.54) is 10.1 Å². The second-order valence-corrected chi connectivity index (χ2v) is 8.57. The maximum atomic E-state index is 12.0. The van der Waals surface area contributed by atoms with Gasteiger partial charge in [-0.1, -0.05) is 6.92 Å². The summed E-state index contributed by atoms with van der Waals surface area (Å²) >= 11 is 0. The molecule has 3 rings (SSSR count). The number of hydrogen-bond acceptors (Lipinski definition) is 7. The molecule has 9 heteroatoms. The van der Waals surface area contributed by atoms with Crippen molar-refractivity contribution in [2.75, 3.05) is 38.4 Å². The highest BCUT2D eigenvalue weighted by Gasteiger charge is 2.55. The molecule has 1 saturated heterocycles. The van der Waals surface area contributed by atoms with Crippen LogP contribution in [0.25, 0.3) is 0 Å². The van der Waals surface area contributed by atoms with Gasteiger partial charge < -0.3 is 20.1 Å². The van der Waals surface area contributed by atoms with Crippen molar-refractivity contribution in [2.45, 2.75) is 44.6 Å². The quantitative estimate of drug-likeness (QED) is 0.225. The Balaban J connectivity index is 1.39. The van der Waals surface area contributed by atoms with E-state index in [4.69, 9.17) is 26.5 Å². The van der Waals surface area contributed by atoms with Crippen molar-refractivity contribution in [3.63, 3.8) is 0 Å². The molecule has 31 heavy (non-hydrogen) atoms. The summed E-state index contributed by atoms with van der Waals surface area (Å²) in [6.45, 7) is 4.56. The molecule has 1 aliphatic carbocycles. The maximum Gasteiger partial charge on any atom is 0.409 e. The lowest BCUT2D eigenvalue weighted by atomic mass is 9.86. The van der Waals surface area contributed by atoms with Crippen molar-refractivity contribution in [2.24, 2.45) is 23.4 Å². The number of amides is 1. The van der Waals surface area contributed by atoms with Crippen LogP contribution in [-0.2, 0) is 4.74 Å². The van der Waals surface area contributed by atoms with Gasteiger partial charge in [0.2, 0.25) is 0 Å². The first-order chi connectivity index (χ1) is 14.9. The number of nitrogens with two attached hydrogens (primary N) is 2. The minimum absolute atomic E-state index is 0.122. The van der Waals surface area contributed by atoms with Gasteiger partial charge in [-0.25, -0.2) is 4.79 Å². The third-order valence-corrected chi connectivity index (χ3v) is 6.44. The average Bonchev–Trinajstić information content (AvgIpc) is 3.44. The van der Waals surface area contributed by atoms with Crippen LogP contribution in [0.1, 0.15) is 39.0 Å². The van der Waals surface area contributed by atoms with Crippen molar-refractivity contribution >= 4 is 18.1 Å². The van der Waals surface area contributed by atoms with E-state index in [1.54, 1.807) is 7.05 Å². The fourth-order valence-corrected chi connectivity index (χ4v) is 4.48. The number of rotatable bonds is 10. The lowest BCUT2D eigenvalue weighted by Crippen LogP contribution is -2.45. The van der Waals surface area contributed by atoms with Gasteiger partial charge in [-0.3, -0.25) is 16.3 Å². The van der Waals surface area contributed by atoms with Crippen molar-refractivity contribution in [3.8, 4) is 5.75 Å². The van der Waals surface area contributed by atoms with Gasteiger partial charge in [-0.05, 0) is 68.2 Å². The molecule has 172 valence electrons. The Morgan fingerprint density at radius 3 is 2.55 bits per heavy atom. The number of carbonyl (C=O) groups excluding carboxylic acids is 1. The van der Waals surface area contributed by atoms with E-state index in [1.807, 2.05) is 36.1 Å². The number of hydrazine groups is 2. The highest BCUT2D eigenvalue weighted by atomic mass is 16.6. The highest BCUT2D eigenvalue weighted by molar-refractivity contribution is 5.75. The van der Waals surface area contributed by atoms with Gasteiger partial charge >= 0.3 is 6.09 Å². The predicted molar refractivity (Wildman–Crippen MR) is 121 cm³/mol. The van der Waals surface area contributed by atoms with Gasteiger partial charge in [0.1, 0.15) is 12.1 Å². The third kappa shape index (κ3) is 5.66. The Labute approximate surface area is 184 Å². The summed E-state index contributed by atoms with van der Waals surface area (Å²) < 4.78 is 11.1. The summed E-state index contributed by atoms with van der Waals surface area (Å²) in [5, 5.41) is 10.3. The monoisotopic (exact) mass is 432 g/mol. The summed E-state index contributed by atoms with van der Waals surface area (Å²) in [5.74, 6) is 7.41. The number of carbonyl (C=O) groups is 1. The van der Waals surface area contributed by atoms with Crippen LogP contribution < -0.4 is 21.3 Å². The molecular formula is C22H36N6O3. The number of likely N-dealkylation sites (tertiary alicyclic amines) is 1. The standard InChI is InChI=1S/C22H36N6O3/c1-3-13-31-21(29)27-11-8-17(9-12-27)22(24)15-18(22)10-14-30-20-6-4-19(5-7-20)28(16-23)26(2)25/h4-7,16-18,23H,3,8-15,24-25H2,1-2H3/t18-,22+/m1/s1. The second kappa shape index (κ2) is 10.3. The summed E-state index contributed by atoms with van der Waals surface area (Å²) in [6.07, 6.45) is 5.63. The van der Waals surface area contributed by atoms with Gasteiger partial charge in [-0.15, -0.1) is 0 Å². The number of piperidine rings is 1. The molecule has 0 aromatic heterocycles. The van der Waals surface area contributed by atoms with E-state index in [0.29, 0.717) is 25.0 Å². The van der Waals surface area contributed by atoms with Crippen LogP contribution in [0, 0.1) is 17.2 Å². The van der Waals surface area contributed by atoms with Gasteiger partial charge in [0.25, 0.3) is 0 Å². The Morgan fingerprint density at radius 1 is 1.29 bits per heavy atom. The maximum absolute atomic E-state index is 12.0. The van der Waals surface area contributed by atoms with Crippen LogP contribution in [0.5, 0.6) is 5.75 Å². The van der Waals surface area contributed by atoms with Crippen LogP contribution in [0.2, 0.25) is 0 Å². The number of nitrogens with one attached hydrogen (secondary N) is 1. The molecule has 0 unspecified atom stereocenters. The zero-order valence-corrected chi connectivity index (χ0v) is 18.6. The number of benzene rings is 1. The van der Waals surface area contributed by atoms with E-state index < -0.39 is 0 Å². The minimum Gasteiger partial charge on any atom is -0.494 e. The highest BCUT2D eigenvalue weighted by Crippen LogP contribution is 2.51. The van der Waals surface area contributed by atoms with Crippen LogP contribution in [0.3, 0.4) is 0 Å². The SMILES string of the molecule is CCCOC(=O)N1CCC([C@@]2(N)C[C@H]2CCOc2ccc(N(C=N)N(C)N)cc2)CC1. The lowest BCUT2D eigenvalue weighted by Gasteiger charge is -2.35. The first-order valence-electron chi connectivity index (χ1n) is 11.1.